The molecule has 0 aromatic carbocycles. The van der Waals surface area contributed by atoms with Crippen LogP contribution in [0.2, 0.25) is 0 Å². The van der Waals surface area contributed by atoms with Crippen molar-refractivity contribution in [1.29, 1.82) is 0 Å². The van der Waals surface area contributed by atoms with Crippen molar-refractivity contribution in [2.24, 2.45) is 0 Å². The Morgan fingerprint density at radius 3 is 1.19 bits per heavy atom. The molecule has 0 aromatic heterocycles. The van der Waals surface area contributed by atoms with Gasteiger partial charge in [0.25, 0.3) is 0 Å². The molecule has 2 aliphatic carbocycles. The Labute approximate surface area is 185 Å². The molecule has 0 saturated heterocycles. The Kier molecular flexibility index (Phi) is 12.4. The Bertz CT molecular complexity index is 548. The van der Waals surface area contributed by atoms with Crippen molar-refractivity contribution < 1.29 is 70.5 Å². The molecule has 152 valence electrons. The zero-order valence-corrected chi connectivity index (χ0v) is 21.5. The molecular formula is C16H26Cl2O6Si2Ti. The molecule has 0 radical (unpaired) electrons. The van der Waals surface area contributed by atoms with Crippen LogP contribution >= 0.6 is 0 Å². The summed E-state index contributed by atoms with van der Waals surface area (Å²) in [5.74, 6) is 0. The quantitative estimate of drug-likeness (QED) is 0.295. The van der Waals surface area contributed by atoms with E-state index in [9.17, 15) is 0 Å². The van der Waals surface area contributed by atoms with Crippen molar-refractivity contribution in [2.45, 2.75) is 12.8 Å². The molecule has 6 nitrogen and oxygen atoms in total. The van der Waals surface area contributed by atoms with Crippen molar-refractivity contribution in [3.05, 3.63) is 42.5 Å². The van der Waals surface area contributed by atoms with Crippen LogP contribution in [0.5, 0.6) is 0 Å². The van der Waals surface area contributed by atoms with Crippen LogP contribution in [-0.4, -0.2) is 60.3 Å². The Balaban J connectivity index is 0.00000338. The molecule has 27 heavy (non-hydrogen) atoms. The fraction of sp³-hybridized carbons (Fsp3) is 0.500. The molecule has 0 unspecified atom stereocenters. The predicted octanol–water partition coefficient (Wildman–Crippen LogP) is -3.66. The normalized spacial score (nSPS) is 16.5. The second-order valence-electron chi connectivity index (χ2n) is 5.46. The number of hydrogen-bond donors (Lipinski definition) is 0. The van der Waals surface area contributed by atoms with E-state index in [-0.39, 0.29) is 24.8 Å². The average molecular weight is 489 g/mol. The first kappa shape index (κ1) is 27.4. The van der Waals surface area contributed by atoms with Crippen LogP contribution in [0.3, 0.4) is 0 Å². The fourth-order valence-electron chi connectivity index (χ4n) is 3.16. The molecule has 2 aliphatic rings. The summed E-state index contributed by atoms with van der Waals surface area (Å²) in [7, 11) is 4.27. The summed E-state index contributed by atoms with van der Waals surface area (Å²) in [5, 5.41) is 2.19. The van der Waals surface area contributed by atoms with Gasteiger partial charge in [-0.1, -0.05) is 0 Å². The van der Waals surface area contributed by atoms with E-state index >= 15 is 0 Å². The Hall–Kier alpha value is 0.448. The van der Waals surface area contributed by atoms with E-state index in [0.29, 0.717) is 0 Å². The van der Waals surface area contributed by atoms with E-state index in [1.165, 1.54) is 7.76 Å². The van der Waals surface area contributed by atoms with Crippen LogP contribution in [0.4, 0.5) is 0 Å². The summed E-state index contributed by atoms with van der Waals surface area (Å²) < 4.78 is 36.8. The van der Waals surface area contributed by atoms with Gasteiger partial charge in [-0.25, -0.2) is 0 Å². The van der Waals surface area contributed by atoms with Crippen LogP contribution in [0.25, 0.3) is 0 Å². The Morgan fingerprint density at radius 1 is 0.630 bits per heavy atom. The van der Waals surface area contributed by atoms with Gasteiger partial charge < -0.3 is 24.8 Å². The smallest absolute Gasteiger partial charge is 1.00 e. The SMILES string of the molecule is CO[Si](OC)(OC)C1=[C]([Ti+2][C]2=C([Si](OC)(OC)OC)C=CC2)CC=C1.[Cl-].[Cl-]. The largest absolute Gasteiger partial charge is 1.00 e. The third-order valence-electron chi connectivity index (χ3n) is 4.44. The molecule has 0 saturated carbocycles. The van der Waals surface area contributed by atoms with E-state index in [2.05, 4.69) is 24.3 Å². The van der Waals surface area contributed by atoms with Gasteiger partial charge in [0, 0.05) is 0 Å². The van der Waals surface area contributed by atoms with Crippen molar-refractivity contribution >= 4 is 17.6 Å². The summed E-state index contributed by atoms with van der Waals surface area (Å²) in [5.41, 5.74) is 0. The third kappa shape index (κ3) is 5.33. The number of hydrogen-bond acceptors (Lipinski definition) is 6. The molecule has 0 fully saturated rings. The molecule has 11 heteroatoms. The number of rotatable bonds is 10. The number of halogens is 2. The van der Waals surface area contributed by atoms with Crippen LogP contribution < -0.4 is 24.8 Å². The summed E-state index contributed by atoms with van der Waals surface area (Å²) in [6.45, 7) is 0. The minimum atomic E-state index is -2.81. The number of allylic oxidation sites excluding steroid dienone is 8. The van der Waals surface area contributed by atoms with Gasteiger partial charge in [0.15, 0.2) is 0 Å². The first-order valence-electron chi connectivity index (χ1n) is 7.94. The molecule has 0 aliphatic heterocycles. The van der Waals surface area contributed by atoms with E-state index in [0.717, 1.165) is 23.2 Å². The summed E-state index contributed by atoms with van der Waals surface area (Å²) in [6.07, 6.45) is 10.3. The van der Waals surface area contributed by atoms with Gasteiger partial charge in [0.1, 0.15) is 0 Å². The summed E-state index contributed by atoms with van der Waals surface area (Å²) in [4.78, 5) is 0. The zero-order chi connectivity index (χ0) is 18.5. The molecular weight excluding hydrogens is 463 g/mol. The minimum Gasteiger partial charge on any atom is -1.00 e. The molecule has 0 N–H and O–H groups in total. The maximum absolute atomic E-state index is 5.68. The van der Waals surface area contributed by atoms with Crippen LogP contribution in [0.1, 0.15) is 12.8 Å². The topological polar surface area (TPSA) is 55.4 Å². The maximum atomic E-state index is 5.68. The van der Waals surface area contributed by atoms with Gasteiger partial charge in [0.05, 0.1) is 0 Å². The van der Waals surface area contributed by atoms with E-state index in [1.54, 1.807) is 42.7 Å². The molecule has 0 spiro atoms. The molecule has 0 heterocycles. The summed E-state index contributed by atoms with van der Waals surface area (Å²) in [6, 6.07) is 0. The molecule has 0 atom stereocenters. The molecule has 0 amide bonds. The molecule has 0 bridgehead atoms. The van der Waals surface area contributed by atoms with Gasteiger partial charge in [-0.05, 0) is 0 Å². The van der Waals surface area contributed by atoms with Crippen molar-refractivity contribution in [3.8, 4) is 0 Å². The van der Waals surface area contributed by atoms with Gasteiger partial charge in [-0.3, -0.25) is 0 Å². The van der Waals surface area contributed by atoms with Crippen molar-refractivity contribution in [3.63, 3.8) is 0 Å². The fourth-order valence-corrected chi connectivity index (χ4v) is 11.0. The van der Waals surface area contributed by atoms with Gasteiger partial charge in [-0.2, -0.15) is 0 Å². The second kappa shape index (κ2) is 12.2. The monoisotopic (exact) mass is 488 g/mol. The molecule has 2 rings (SSSR count). The maximum Gasteiger partial charge on any atom is -1.00 e. The zero-order valence-electron chi connectivity index (χ0n) is 16.4. The van der Waals surface area contributed by atoms with Gasteiger partial charge in [-0.15, -0.1) is 0 Å². The predicted molar refractivity (Wildman–Crippen MR) is 95.1 cm³/mol. The van der Waals surface area contributed by atoms with Gasteiger partial charge in [0.2, 0.25) is 0 Å². The van der Waals surface area contributed by atoms with E-state index in [1.807, 2.05) is 0 Å². The van der Waals surface area contributed by atoms with Crippen molar-refractivity contribution in [1.82, 2.24) is 0 Å². The second-order valence-corrected chi connectivity index (χ2v) is 13.5. The third-order valence-corrected chi connectivity index (χ3v) is 13.1. The van der Waals surface area contributed by atoms with Crippen molar-refractivity contribution in [2.75, 3.05) is 42.7 Å². The van der Waals surface area contributed by atoms with Gasteiger partial charge >= 0.3 is 161 Å². The van der Waals surface area contributed by atoms with E-state index in [4.69, 9.17) is 26.6 Å². The molecule has 0 aromatic rings. The first-order chi connectivity index (χ1) is 12.1. The van der Waals surface area contributed by atoms with Crippen LogP contribution in [-0.2, 0) is 45.7 Å². The standard InChI is InChI=1S/2C8H13O3Si.2ClH.Ti/c2*1-9-12(10-2,11-3)8-6-4-5-7-8;;;/h2*4,6H,5H2,1-3H3;2*1H;/q;;;;+2/p-2. The Morgan fingerprint density at radius 2 is 0.926 bits per heavy atom. The minimum absolute atomic E-state index is 0. The van der Waals surface area contributed by atoms with Crippen LogP contribution in [0.15, 0.2) is 42.5 Å². The summed E-state index contributed by atoms with van der Waals surface area (Å²) >= 11 is -0.571. The average Bonchev–Trinajstić information content (AvgIpc) is 3.31. The van der Waals surface area contributed by atoms with Crippen LogP contribution in [0, 0.1) is 0 Å². The first-order valence-corrected chi connectivity index (χ1v) is 13.0. The van der Waals surface area contributed by atoms with E-state index < -0.39 is 36.8 Å².